The van der Waals surface area contributed by atoms with Crippen molar-refractivity contribution in [2.24, 2.45) is 4.99 Å². The number of hydrogen-bond donors (Lipinski definition) is 1. The fourth-order valence-corrected chi connectivity index (χ4v) is 5.28. The smallest absolute Gasteiger partial charge is 0.258 e. The van der Waals surface area contributed by atoms with Crippen LogP contribution in [0.2, 0.25) is 5.02 Å². The molecule has 3 aromatic rings. The molecule has 2 fully saturated rings. The number of aliphatic imine (C=N–C) groups is 1. The number of anilines is 1. The minimum atomic E-state index is -0.560. The summed E-state index contributed by atoms with van der Waals surface area (Å²) in [7, 11) is 1.55. The van der Waals surface area contributed by atoms with Gasteiger partial charge >= 0.3 is 0 Å². The van der Waals surface area contributed by atoms with Crippen molar-refractivity contribution in [1.29, 1.82) is 0 Å². The molecule has 0 saturated carbocycles. The number of ether oxygens (including phenoxy) is 1. The van der Waals surface area contributed by atoms with Crippen LogP contribution in [0.25, 0.3) is 5.65 Å². The van der Waals surface area contributed by atoms with E-state index < -0.39 is 6.10 Å². The molecule has 4 heterocycles. The molecule has 0 radical (unpaired) electrons. The van der Waals surface area contributed by atoms with Gasteiger partial charge in [-0.3, -0.25) is 9.79 Å². The monoisotopic (exact) mass is 496 g/mol. The van der Waals surface area contributed by atoms with E-state index >= 15 is 0 Å². The van der Waals surface area contributed by atoms with Crippen LogP contribution in [0.15, 0.2) is 35.5 Å². The largest absolute Gasteiger partial charge is 0.496 e. The maximum absolute atomic E-state index is 13.6. The van der Waals surface area contributed by atoms with Crippen molar-refractivity contribution in [2.75, 3.05) is 31.6 Å². The normalized spacial score (nSPS) is 22.6. The fourth-order valence-electron chi connectivity index (χ4n) is 5.11. The molecular formula is C25H29ClN6O3. The van der Waals surface area contributed by atoms with Crippen LogP contribution in [-0.2, 0) is 0 Å². The Morgan fingerprint density at radius 3 is 2.86 bits per heavy atom. The van der Waals surface area contributed by atoms with E-state index in [9.17, 15) is 9.90 Å². The van der Waals surface area contributed by atoms with Crippen molar-refractivity contribution in [3.63, 3.8) is 0 Å². The summed E-state index contributed by atoms with van der Waals surface area (Å²) in [4.78, 5) is 26.4. The lowest BCUT2D eigenvalue weighted by molar-refractivity contribution is 0.0602. The van der Waals surface area contributed by atoms with E-state index in [0.29, 0.717) is 41.6 Å². The average molecular weight is 497 g/mol. The number of hydrogen-bond acceptors (Lipinski definition) is 7. The van der Waals surface area contributed by atoms with Gasteiger partial charge in [0.15, 0.2) is 5.65 Å². The summed E-state index contributed by atoms with van der Waals surface area (Å²) in [5, 5.41) is 15.5. The minimum absolute atomic E-state index is 0.120. The number of benzene rings is 1. The van der Waals surface area contributed by atoms with Gasteiger partial charge in [-0.1, -0.05) is 11.6 Å². The second-order valence-electron chi connectivity index (χ2n) is 9.20. The zero-order valence-electron chi connectivity index (χ0n) is 19.9. The summed E-state index contributed by atoms with van der Waals surface area (Å²) in [5.74, 6) is 1.18. The molecule has 0 unspecified atom stereocenters. The molecule has 2 aliphatic heterocycles. The van der Waals surface area contributed by atoms with Crippen LogP contribution in [0.3, 0.4) is 0 Å². The summed E-state index contributed by atoms with van der Waals surface area (Å²) in [5.41, 5.74) is 2.90. The van der Waals surface area contributed by atoms with Crippen molar-refractivity contribution in [3.8, 4) is 5.75 Å². The lowest BCUT2D eigenvalue weighted by atomic mass is 9.98. The third-order valence-corrected chi connectivity index (χ3v) is 7.15. The maximum atomic E-state index is 13.6. The third kappa shape index (κ3) is 4.34. The molecule has 2 saturated heterocycles. The SMILES string of the molecule is C=N[C@@H]1CN(c2nc3cc([C@@H]4CCCCN4C(=O)c4cc(Cl)ccc4OC)nn3cc2C)C[C@@H]1O. The molecule has 3 atom stereocenters. The molecule has 0 bridgehead atoms. The number of amides is 1. The molecule has 1 amide bonds. The van der Waals surface area contributed by atoms with Gasteiger partial charge in [0.1, 0.15) is 11.6 Å². The molecule has 2 aliphatic rings. The highest BCUT2D eigenvalue weighted by molar-refractivity contribution is 6.31. The van der Waals surface area contributed by atoms with Gasteiger partial charge in [-0.05, 0) is 51.1 Å². The summed E-state index contributed by atoms with van der Waals surface area (Å²) < 4.78 is 7.20. The van der Waals surface area contributed by atoms with Crippen molar-refractivity contribution in [1.82, 2.24) is 19.5 Å². The number of halogens is 1. The lowest BCUT2D eigenvalue weighted by Gasteiger charge is -2.35. The molecule has 184 valence electrons. The van der Waals surface area contributed by atoms with E-state index in [4.69, 9.17) is 26.4 Å². The summed E-state index contributed by atoms with van der Waals surface area (Å²) in [6.07, 6.45) is 4.13. The predicted molar refractivity (Wildman–Crippen MR) is 135 cm³/mol. The van der Waals surface area contributed by atoms with Gasteiger partial charge in [-0.15, -0.1) is 0 Å². The second-order valence-corrected chi connectivity index (χ2v) is 9.63. The first-order chi connectivity index (χ1) is 16.9. The van der Waals surface area contributed by atoms with E-state index in [-0.39, 0.29) is 18.0 Å². The zero-order valence-corrected chi connectivity index (χ0v) is 20.6. The second kappa shape index (κ2) is 9.47. The number of aliphatic hydroxyl groups is 1. The van der Waals surface area contributed by atoms with Gasteiger partial charge in [-0.2, -0.15) is 5.10 Å². The van der Waals surface area contributed by atoms with E-state index in [2.05, 4.69) is 11.7 Å². The maximum Gasteiger partial charge on any atom is 0.258 e. The first-order valence-corrected chi connectivity index (χ1v) is 12.2. The molecule has 2 aromatic heterocycles. The van der Waals surface area contributed by atoms with Gasteiger partial charge in [-0.25, -0.2) is 9.50 Å². The molecule has 1 N–H and O–H groups in total. The van der Waals surface area contributed by atoms with Crippen LogP contribution < -0.4 is 9.64 Å². The quantitative estimate of drug-likeness (QED) is 0.544. The highest BCUT2D eigenvalue weighted by atomic mass is 35.5. The van der Waals surface area contributed by atoms with Crippen molar-refractivity contribution in [2.45, 2.75) is 44.4 Å². The van der Waals surface area contributed by atoms with Crippen LogP contribution >= 0.6 is 11.6 Å². The molecule has 5 rings (SSSR count). The number of aromatic nitrogens is 3. The van der Waals surface area contributed by atoms with Gasteiger partial charge in [0.2, 0.25) is 0 Å². The molecular weight excluding hydrogens is 468 g/mol. The van der Waals surface area contributed by atoms with Crippen LogP contribution in [0.1, 0.15) is 46.9 Å². The van der Waals surface area contributed by atoms with E-state index in [1.54, 1.807) is 29.8 Å². The third-order valence-electron chi connectivity index (χ3n) is 6.91. The number of aryl methyl sites for hydroxylation is 1. The van der Waals surface area contributed by atoms with Crippen molar-refractivity contribution < 1.29 is 14.6 Å². The number of carbonyl (C=O) groups excluding carboxylic acids is 1. The summed E-state index contributed by atoms with van der Waals surface area (Å²) in [6, 6.07) is 6.64. The van der Waals surface area contributed by atoms with Crippen LogP contribution in [-0.4, -0.2) is 76.1 Å². The Hall–Kier alpha value is -3.17. The first-order valence-electron chi connectivity index (χ1n) is 11.8. The Labute approximate surface area is 209 Å². The Bertz CT molecular complexity index is 1280. The van der Waals surface area contributed by atoms with Gasteiger partial charge in [0.05, 0.1) is 36.6 Å². The molecule has 0 aliphatic carbocycles. The number of carbonyl (C=O) groups is 1. The number of rotatable bonds is 5. The number of nitrogens with zero attached hydrogens (tertiary/aromatic N) is 6. The van der Waals surface area contributed by atoms with Crippen LogP contribution in [0, 0.1) is 6.92 Å². The molecule has 1 aromatic carbocycles. The predicted octanol–water partition coefficient (Wildman–Crippen LogP) is 3.32. The average Bonchev–Trinajstić information content (AvgIpc) is 3.45. The Morgan fingerprint density at radius 2 is 2.11 bits per heavy atom. The molecule has 10 heteroatoms. The minimum Gasteiger partial charge on any atom is -0.496 e. The van der Waals surface area contributed by atoms with Gasteiger partial charge in [0.25, 0.3) is 5.91 Å². The summed E-state index contributed by atoms with van der Waals surface area (Å²) >= 11 is 6.20. The molecule has 9 nitrogen and oxygen atoms in total. The number of likely N-dealkylation sites (tertiary alicyclic amines) is 1. The van der Waals surface area contributed by atoms with Gasteiger partial charge < -0.3 is 19.6 Å². The number of aliphatic hydroxyl groups excluding tert-OH is 1. The topological polar surface area (TPSA) is 95.6 Å². The highest BCUT2D eigenvalue weighted by Crippen LogP contribution is 2.35. The Balaban J connectivity index is 1.47. The highest BCUT2D eigenvalue weighted by Gasteiger charge is 2.34. The zero-order chi connectivity index (χ0) is 24.7. The Morgan fingerprint density at radius 1 is 1.29 bits per heavy atom. The number of methoxy groups -OCH3 is 1. The summed E-state index contributed by atoms with van der Waals surface area (Å²) in [6.45, 7) is 7.23. The standard InChI is InChI=1S/C25H29ClN6O3/c1-15-12-32-23(28-24(15)30-13-19(27-2)21(33)14-30)11-18(29-32)20-6-4-5-9-31(20)25(34)17-10-16(26)7-8-22(17)35-3/h7-8,10-12,19-21,33H,2,4-6,9,13-14H2,1,3H3/t19-,20+,21+/m1/s1. The number of fused-ring (bicyclic) bond motifs is 1. The Kier molecular flexibility index (Phi) is 6.37. The van der Waals surface area contributed by atoms with E-state index in [1.165, 1.54) is 0 Å². The fraction of sp³-hybridized carbons (Fsp3) is 0.440. The lowest BCUT2D eigenvalue weighted by Crippen LogP contribution is -2.38. The van der Waals surface area contributed by atoms with E-state index in [1.807, 2.05) is 29.0 Å². The van der Waals surface area contributed by atoms with Gasteiger partial charge in [0, 0.05) is 42.5 Å². The van der Waals surface area contributed by atoms with Crippen molar-refractivity contribution in [3.05, 3.63) is 52.3 Å². The van der Waals surface area contributed by atoms with Crippen LogP contribution in [0.4, 0.5) is 5.82 Å². The first kappa shape index (κ1) is 23.6. The molecule has 0 spiro atoms. The molecule has 35 heavy (non-hydrogen) atoms. The number of β-amino-alcohol motifs (C(OH)–C–C–N with tert-alkyl or cyclic N) is 1. The number of piperidine rings is 1. The van der Waals surface area contributed by atoms with E-state index in [0.717, 1.165) is 36.3 Å². The van der Waals surface area contributed by atoms with Crippen molar-refractivity contribution >= 4 is 35.7 Å². The van der Waals surface area contributed by atoms with Crippen LogP contribution in [0.5, 0.6) is 5.75 Å².